The molecule has 0 aliphatic rings. The summed E-state index contributed by atoms with van der Waals surface area (Å²) in [5.41, 5.74) is 3.26. The fourth-order valence-corrected chi connectivity index (χ4v) is 5.55. The van der Waals surface area contributed by atoms with Crippen LogP contribution in [0.15, 0.2) is 88.8 Å². The fourth-order valence-electron chi connectivity index (χ4n) is 4.33. The Labute approximate surface area is 229 Å². The van der Waals surface area contributed by atoms with Crippen molar-refractivity contribution >= 4 is 38.5 Å². The van der Waals surface area contributed by atoms with Gasteiger partial charge in [0, 0.05) is 28.9 Å². The molecule has 11 heteroatoms. The van der Waals surface area contributed by atoms with Gasteiger partial charge in [0.1, 0.15) is 11.5 Å². The Morgan fingerprint density at radius 1 is 0.923 bits per heavy atom. The van der Waals surface area contributed by atoms with E-state index in [1.165, 1.54) is 42.3 Å². The zero-order chi connectivity index (χ0) is 27.7. The maximum absolute atomic E-state index is 13.1. The molecule has 5 aromatic rings. The van der Waals surface area contributed by atoms with Crippen molar-refractivity contribution in [2.24, 2.45) is 0 Å². The van der Waals surface area contributed by atoms with Crippen LogP contribution in [-0.2, 0) is 10.0 Å². The van der Waals surface area contributed by atoms with Crippen molar-refractivity contribution in [2.45, 2.75) is 11.8 Å². The molecule has 2 heterocycles. The number of aromatic nitrogens is 3. The van der Waals surface area contributed by atoms with Gasteiger partial charge < -0.3 is 9.47 Å². The lowest BCUT2D eigenvalue weighted by Crippen LogP contribution is -2.19. The van der Waals surface area contributed by atoms with Gasteiger partial charge in [-0.3, -0.25) is 9.36 Å². The first-order chi connectivity index (χ1) is 18.7. The van der Waals surface area contributed by atoms with Crippen molar-refractivity contribution in [3.05, 3.63) is 100 Å². The molecule has 5 rings (SSSR count). The number of pyridine rings is 1. The van der Waals surface area contributed by atoms with Crippen LogP contribution in [0.3, 0.4) is 0 Å². The second-order valence-corrected chi connectivity index (χ2v) is 10.7. The van der Waals surface area contributed by atoms with Crippen molar-refractivity contribution in [2.75, 3.05) is 18.9 Å². The van der Waals surface area contributed by atoms with Crippen molar-refractivity contribution in [3.8, 4) is 28.3 Å². The van der Waals surface area contributed by atoms with E-state index in [4.69, 9.17) is 21.1 Å². The third-order valence-electron chi connectivity index (χ3n) is 6.15. The van der Waals surface area contributed by atoms with E-state index >= 15 is 0 Å². The minimum absolute atomic E-state index is 0.000971. The molecule has 0 amide bonds. The molecule has 1 N–H and O–H groups in total. The van der Waals surface area contributed by atoms with Gasteiger partial charge in [-0.05, 0) is 84.3 Å². The highest BCUT2D eigenvalue weighted by molar-refractivity contribution is 7.92. The Kier molecular flexibility index (Phi) is 6.98. The highest BCUT2D eigenvalue weighted by Crippen LogP contribution is 2.36. The summed E-state index contributed by atoms with van der Waals surface area (Å²) in [6, 6.07) is 18.2. The standard InChI is InChI=1S/C28H23ClN4O5S/c1-17-11-25(26(38-3)16-23(17)19-12-20(29)15-21(13-19)37-2)33-24-7-6-22(14-18(24)5-8-27(33)34)39(35,36)32-28-30-9-4-10-31-28/h4-16H,1-3H3,(H,30,31,32). The van der Waals surface area contributed by atoms with E-state index in [1.807, 2.05) is 31.2 Å². The summed E-state index contributed by atoms with van der Waals surface area (Å²) in [7, 11) is -0.873. The number of nitrogens with zero attached hydrogens (tertiary/aromatic N) is 3. The van der Waals surface area contributed by atoms with Crippen LogP contribution < -0.4 is 19.8 Å². The number of ether oxygens (including phenoxy) is 2. The van der Waals surface area contributed by atoms with Gasteiger partial charge in [-0.15, -0.1) is 0 Å². The van der Waals surface area contributed by atoms with E-state index in [-0.39, 0.29) is 16.4 Å². The third-order valence-corrected chi connectivity index (χ3v) is 7.70. The summed E-state index contributed by atoms with van der Waals surface area (Å²) in [4.78, 5) is 21.0. The maximum atomic E-state index is 13.1. The predicted molar refractivity (Wildman–Crippen MR) is 151 cm³/mol. The van der Waals surface area contributed by atoms with Crippen LogP contribution in [-0.4, -0.2) is 37.2 Å². The van der Waals surface area contributed by atoms with E-state index in [2.05, 4.69) is 14.7 Å². The molecule has 0 unspecified atom stereocenters. The van der Waals surface area contributed by atoms with Crippen LogP contribution in [0.2, 0.25) is 5.02 Å². The van der Waals surface area contributed by atoms with Gasteiger partial charge in [0.2, 0.25) is 5.95 Å². The number of hydrogen-bond acceptors (Lipinski definition) is 7. The molecule has 0 atom stereocenters. The Hall–Kier alpha value is -4.41. The second-order valence-electron chi connectivity index (χ2n) is 8.62. The average Bonchev–Trinajstić information content (AvgIpc) is 2.92. The van der Waals surface area contributed by atoms with Crippen LogP contribution >= 0.6 is 11.6 Å². The number of aryl methyl sites for hydroxylation is 1. The molecule has 0 aliphatic heterocycles. The molecule has 0 aliphatic carbocycles. The molecule has 0 saturated heterocycles. The molecule has 0 spiro atoms. The van der Waals surface area contributed by atoms with Gasteiger partial charge in [0.25, 0.3) is 15.6 Å². The van der Waals surface area contributed by atoms with E-state index in [1.54, 1.807) is 31.4 Å². The molecule has 3 aromatic carbocycles. The molecule has 0 bridgehead atoms. The quantitative estimate of drug-likeness (QED) is 0.289. The van der Waals surface area contributed by atoms with Crippen molar-refractivity contribution in [3.63, 3.8) is 0 Å². The van der Waals surface area contributed by atoms with Gasteiger partial charge in [-0.2, -0.15) is 0 Å². The van der Waals surface area contributed by atoms with Gasteiger partial charge in [-0.25, -0.2) is 23.1 Å². The van der Waals surface area contributed by atoms with Crippen molar-refractivity contribution < 1.29 is 17.9 Å². The second kappa shape index (κ2) is 10.4. The number of sulfonamides is 1. The normalized spacial score (nSPS) is 11.4. The number of hydrogen-bond donors (Lipinski definition) is 1. The summed E-state index contributed by atoms with van der Waals surface area (Å²) in [6.07, 6.45) is 2.88. The monoisotopic (exact) mass is 562 g/mol. The lowest BCUT2D eigenvalue weighted by Gasteiger charge is -2.18. The Bertz CT molecular complexity index is 1880. The Morgan fingerprint density at radius 2 is 1.69 bits per heavy atom. The Balaban J connectivity index is 1.63. The molecular formula is C28H23ClN4O5S. The third kappa shape index (κ3) is 5.16. The molecular weight excluding hydrogens is 540 g/mol. The van der Waals surface area contributed by atoms with Crippen molar-refractivity contribution in [1.82, 2.24) is 14.5 Å². The first-order valence-corrected chi connectivity index (χ1v) is 13.6. The highest BCUT2D eigenvalue weighted by Gasteiger charge is 2.19. The van der Waals surface area contributed by atoms with E-state index in [9.17, 15) is 13.2 Å². The van der Waals surface area contributed by atoms with Gasteiger partial charge >= 0.3 is 0 Å². The summed E-state index contributed by atoms with van der Waals surface area (Å²) in [5.74, 6) is 1.02. The highest BCUT2D eigenvalue weighted by atomic mass is 35.5. The van der Waals surface area contributed by atoms with E-state index in [0.717, 1.165) is 16.7 Å². The van der Waals surface area contributed by atoms with E-state index < -0.39 is 10.0 Å². The summed E-state index contributed by atoms with van der Waals surface area (Å²) in [6.45, 7) is 1.92. The van der Waals surface area contributed by atoms with Crippen LogP contribution in [0.25, 0.3) is 27.7 Å². The maximum Gasteiger partial charge on any atom is 0.264 e. The largest absolute Gasteiger partial charge is 0.497 e. The number of nitrogens with one attached hydrogen (secondary N) is 1. The minimum atomic E-state index is -3.97. The number of methoxy groups -OCH3 is 2. The number of halogens is 1. The van der Waals surface area contributed by atoms with Crippen LogP contribution in [0, 0.1) is 6.92 Å². The number of fused-ring (bicyclic) bond motifs is 1. The zero-order valence-corrected chi connectivity index (χ0v) is 22.7. The first kappa shape index (κ1) is 26.2. The predicted octanol–water partition coefficient (Wildman–Crippen LogP) is 5.23. The minimum Gasteiger partial charge on any atom is -0.497 e. The van der Waals surface area contributed by atoms with Crippen LogP contribution in [0.4, 0.5) is 5.95 Å². The lowest BCUT2D eigenvalue weighted by molar-refractivity contribution is 0.412. The topological polar surface area (TPSA) is 112 Å². The molecule has 0 radical (unpaired) electrons. The number of benzene rings is 3. The van der Waals surface area contributed by atoms with Gasteiger partial charge in [-0.1, -0.05) is 11.6 Å². The van der Waals surface area contributed by atoms with E-state index in [0.29, 0.717) is 33.1 Å². The summed E-state index contributed by atoms with van der Waals surface area (Å²) >= 11 is 6.30. The first-order valence-electron chi connectivity index (χ1n) is 11.7. The molecule has 2 aromatic heterocycles. The van der Waals surface area contributed by atoms with Gasteiger partial charge in [0.15, 0.2) is 0 Å². The summed E-state index contributed by atoms with van der Waals surface area (Å²) < 4.78 is 40.8. The molecule has 198 valence electrons. The molecule has 0 fully saturated rings. The SMILES string of the molecule is COc1cc(Cl)cc(-c2cc(OC)c(-n3c(=O)ccc4cc(S(=O)(=O)Nc5ncccn5)ccc43)cc2C)c1. The molecule has 9 nitrogen and oxygen atoms in total. The van der Waals surface area contributed by atoms with Crippen LogP contribution in [0.1, 0.15) is 5.56 Å². The number of rotatable bonds is 7. The van der Waals surface area contributed by atoms with Crippen molar-refractivity contribution in [1.29, 1.82) is 0 Å². The molecule has 0 saturated carbocycles. The summed E-state index contributed by atoms with van der Waals surface area (Å²) in [5, 5.41) is 1.06. The van der Waals surface area contributed by atoms with Crippen LogP contribution in [0.5, 0.6) is 11.5 Å². The number of anilines is 1. The Morgan fingerprint density at radius 3 is 2.41 bits per heavy atom. The fraction of sp³-hybridized carbons (Fsp3) is 0.107. The molecule has 39 heavy (non-hydrogen) atoms. The van der Waals surface area contributed by atoms with Gasteiger partial charge in [0.05, 0.1) is 30.3 Å². The lowest BCUT2D eigenvalue weighted by atomic mass is 9.98. The zero-order valence-electron chi connectivity index (χ0n) is 21.2. The smallest absolute Gasteiger partial charge is 0.264 e. The average molecular weight is 563 g/mol.